The largest absolute Gasteiger partial charge is 0.493 e. The number of hydrogen-bond acceptors (Lipinski definition) is 3. The highest BCUT2D eigenvalue weighted by molar-refractivity contribution is 7.91. The molecule has 0 aliphatic rings. The van der Waals surface area contributed by atoms with E-state index >= 15 is 0 Å². The molecule has 1 rings (SSSR count). The van der Waals surface area contributed by atoms with Crippen molar-refractivity contribution >= 4 is 9.84 Å². The smallest absolute Gasteiger partial charge is 0.154 e. The summed E-state index contributed by atoms with van der Waals surface area (Å²) in [5.41, 5.74) is 0. The highest BCUT2D eigenvalue weighted by Gasteiger charge is 2.09. The number of rotatable bonds is 6. The zero-order chi connectivity index (χ0) is 11.9. The van der Waals surface area contributed by atoms with Gasteiger partial charge in [0.25, 0.3) is 0 Å². The minimum absolute atomic E-state index is 0.00355. The number of ether oxygens (including phenoxy) is 1. The van der Waals surface area contributed by atoms with E-state index in [0.717, 1.165) is 0 Å². The molecule has 0 aliphatic heterocycles. The summed E-state index contributed by atoms with van der Waals surface area (Å²) in [6.45, 7) is 0.164. The predicted molar refractivity (Wildman–Crippen MR) is 64.0 cm³/mol. The molecule has 0 atom stereocenters. The van der Waals surface area contributed by atoms with E-state index in [9.17, 15) is 8.42 Å². The Labute approximate surface area is 96.4 Å². The number of benzene rings is 1. The molecule has 0 radical (unpaired) electrons. The van der Waals surface area contributed by atoms with Gasteiger partial charge in [0.2, 0.25) is 0 Å². The fourth-order valence-electron chi connectivity index (χ4n) is 1.12. The van der Waals surface area contributed by atoms with Crippen LogP contribution in [0, 0.1) is 12.3 Å². The first kappa shape index (κ1) is 12.6. The summed E-state index contributed by atoms with van der Waals surface area (Å²) in [5, 5.41) is 0. The van der Waals surface area contributed by atoms with E-state index in [2.05, 4.69) is 5.92 Å². The van der Waals surface area contributed by atoms with E-state index in [1.54, 1.807) is 12.1 Å². The van der Waals surface area contributed by atoms with Crippen molar-refractivity contribution < 1.29 is 13.2 Å². The van der Waals surface area contributed by atoms with Gasteiger partial charge in [-0.25, -0.2) is 8.42 Å². The summed E-state index contributed by atoms with van der Waals surface area (Å²) in [6, 6.07) is 9.11. The standard InChI is InChI=1S/C12H14O3S/c1-2-3-10-16(13,14)11-9-15-12-7-5-4-6-8-12/h1,4-8H,3,9-11H2. The van der Waals surface area contributed by atoms with E-state index in [-0.39, 0.29) is 24.5 Å². The Hall–Kier alpha value is -1.47. The van der Waals surface area contributed by atoms with Gasteiger partial charge in [0, 0.05) is 6.42 Å². The second kappa shape index (κ2) is 6.19. The number of para-hydroxylation sites is 1. The average Bonchev–Trinajstić information content (AvgIpc) is 2.28. The number of hydrogen-bond donors (Lipinski definition) is 0. The maximum absolute atomic E-state index is 11.4. The van der Waals surface area contributed by atoms with E-state index in [1.165, 1.54) is 0 Å². The third-order valence-electron chi connectivity index (χ3n) is 1.96. The normalized spacial score (nSPS) is 10.7. The summed E-state index contributed by atoms with van der Waals surface area (Å²) >= 11 is 0. The van der Waals surface area contributed by atoms with Crippen molar-refractivity contribution in [2.45, 2.75) is 6.42 Å². The van der Waals surface area contributed by atoms with Crippen molar-refractivity contribution in [3.05, 3.63) is 30.3 Å². The summed E-state index contributed by atoms with van der Waals surface area (Å²) in [7, 11) is -3.08. The molecule has 0 aliphatic carbocycles. The first-order valence-corrected chi connectivity index (χ1v) is 6.78. The quantitative estimate of drug-likeness (QED) is 0.705. The number of sulfone groups is 1. The van der Waals surface area contributed by atoms with Crippen LogP contribution < -0.4 is 4.74 Å². The summed E-state index contributed by atoms with van der Waals surface area (Å²) in [4.78, 5) is 0. The molecule has 1 aromatic rings. The molecule has 4 heteroatoms. The maximum atomic E-state index is 11.4. The highest BCUT2D eigenvalue weighted by Crippen LogP contribution is 2.08. The van der Waals surface area contributed by atoms with Crippen LogP contribution in [-0.2, 0) is 9.84 Å². The van der Waals surface area contributed by atoms with Crippen LogP contribution in [0.25, 0.3) is 0 Å². The Morgan fingerprint density at radius 3 is 2.50 bits per heavy atom. The van der Waals surface area contributed by atoms with Gasteiger partial charge in [-0.1, -0.05) is 18.2 Å². The van der Waals surface area contributed by atoms with Crippen molar-refractivity contribution in [3.63, 3.8) is 0 Å². The van der Waals surface area contributed by atoms with Crippen molar-refractivity contribution in [2.75, 3.05) is 18.1 Å². The Morgan fingerprint density at radius 1 is 1.19 bits per heavy atom. The number of terminal acetylenes is 1. The summed E-state index contributed by atoms with van der Waals surface area (Å²) in [5.74, 6) is 3.02. The van der Waals surface area contributed by atoms with Gasteiger partial charge < -0.3 is 4.74 Å². The van der Waals surface area contributed by atoms with Crippen LogP contribution in [-0.4, -0.2) is 26.5 Å². The topological polar surface area (TPSA) is 43.4 Å². The molecular formula is C12H14O3S. The van der Waals surface area contributed by atoms with Crippen LogP contribution in [0.15, 0.2) is 30.3 Å². The van der Waals surface area contributed by atoms with Crippen molar-refractivity contribution in [3.8, 4) is 18.1 Å². The molecule has 0 amide bonds. The van der Waals surface area contributed by atoms with Crippen LogP contribution in [0.4, 0.5) is 0 Å². The lowest BCUT2D eigenvalue weighted by molar-refractivity contribution is 0.341. The minimum atomic E-state index is -3.08. The van der Waals surface area contributed by atoms with Gasteiger partial charge in [-0.15, -0.1) is 12.3 Å². The first-order chi connectivity index (χ1) is 7.64. The molecule has 0 spiro atoms. The molecule has 0 fully saturated rings. The molecule has 0 aromatic heterocycles. The zero-order valence-electron chi connectivity index (χ0n) is 8.93. The van der Waals surface area contributed by atoms with Crippen LogP contribution >= 0.6 is 0 Å². The van der Waals surface area contributed by atoms with E-state index < -0.39 is 9.84 Å². The Balaban J connectivity index is 2.34. The molecule has 16 heavy (non-hydrogen) atoms. The SMILES string of the molecule is C#CCCS(=O)(=O)CCOc1ccccc1. The lowest BCUT2D eigenvalue weighted by atomic mass is 10.3. The molecule has 1 aromatic carbocycles. The zero-order valence-corrected chi connectivity index (χ0v) is 9.74. The second-order valence-electron chi connectivity index (χ2n) is 3.27. The van der Waals surface area contributed by atoms with Gasteiger partial charge in [0.1, 0.15) is 12.4 Å². The van der Waals surface area contributed by atoms with Crippen LogP contribution in [0.2, 0.25) is 0 Å². The molecular weight excluding hydrogens is 224 g/mol. The van der Waals surface area contributed by atoms with Crippen LogP contribution in [0.1, 0.15) is 6.42 Å². The lowest BCUT2D eigenvalue weighted by Crippen LogP contribution is -2.16. The highest BCUT2D eigenvalue weighted by atomic mass is 32.2. The van der Waals surface area contributed by atoms with Crippen molar-refractivity contribution in [2.24, 2.45) is 0 Å². The molecule has 0 N–H and O–H groups in total. The minimum Gasteiger partial charge on any atom is -0.493 e. The Morgan fingerprint density at radius 2 is 1.88 bits per heavy atom. The molecule has 0 unspecified atom stereocenters. The molecule has 0 saturated heterocycles. The first-order valence-electron chi connectivity index (χ1n) is 4.96. The van der Waals surface area contributed by atoms with Gasteiger partial charge in [-0.2, -0.15) is 0 Å². The predicted octanol–water partition coefficient (Wildman–Crippen LogP) is 1.50. The van der Waals surface area contributed by atoms with E-state index in [4.69, 9.17) is 11.2 Å². The van der Waals surface area contributed by atoms with Gasteiger partial charge in [0.05, 0.1) is 11.5 Å². The van der Waals surface area contributed by atoms with Gasteiger partial charge >= 0.3 is 0 Å². The molecule has 86 valence electrons. The second-order valence-corrected chi connectivity index (χ2v) is 5.57. The Bertz CT molecular complexity index is 443. The fraction of sp³-hybridized carbons (Fsp3) is 0.333. The van der Waals surface area contributed by atoms with Crippen LogP contribution in [0.3, 0.4) is 0 Å². The van der Waals surface area contributed by atoms with Crippen molar-refractivity contribution in [1.29, 1.82) is 0 Å². The monoisotopic (exact) mass is 238 g/mol. The third-order valence-corrected chi connectivity index (χ3v) is 3.58. The van der Waals surface area contributed by atoms with Gasteiger partial charge in [-0.3, -0.25) is 0 Å². The third kappa shape index (κ3) is 4.85. The van der Waals surface area contributed by atoms with Gasteiger partial charge in [-0.05, 0) is 12.1 Å². The van der Waals surface area contributed by atoms with Crippen LogP contribution in [0.5, 0.6) is 5.75 Å². The average molecular weight is 238 g/mol. The van der Waals surface area contributed by atoms with Gasteiger partial charge in [0.15, 0.2) is 9.84 Å². The lowest BCUT2D eigenvalue weighted by Gasteiger charge is -2.05. The maximum Gasteiger partial charge on any atom is 0.154 e. The summed E-state index contributed by atoms with van der Waals surface area (Å²) < 4.78 is 28.1. The molecule has 0 bridgehead atoms. The Kier molecular flexibility index (Phi) is 4.87. The van der Waals surface area contributed by atoms with Crippen molar-refractivity contribution in [1.82, 2.24) is 0 Å². The molecule has 3 nitrogen and oxygen atoms in total. The summed E-state index contributed by atoms with van der Waals surface area (Å²) in [6.07, 6.45) is 5.27. The van der Waals surface area contributed by atoms with E-state index in [1.807, 2.05) is 18.2 Å². The molecule has 0 heterocycles. The molecule has 0 saturated carbocycles. The fourth-order valence-corrected chi connectivity index (χ4v) is 2.09. The van der Waals surface area contributed by atoms with E-state index in [0.29, 0.717) is 5.75 Å².